The quantitative estimate of drug-likeness (QED) is 0.890. The molecule has 1 rings (SSSR count). The van der Waals surface area contributed by atoms with E-state index in [0.717, 1.165) is 17.7 Å². The third kappa shape index (κ3) is 3.10. The third-order valence-corrected chi connectivity index (χ3v) is 3.59. The van der Waals surface area contributed by atoms with Gasteiger partial charge in [0, 0.05) is 12.7 Å². The van der Waals surface area contributed by atoms with Crippen molar-refractivity contribution in [1.29, 1.82) is 0 Å². The second-order valence-corrected chi connectivity index (χ2v) is 5.10. The van der Waals surface area contributed by atoms with Crippen LogP contribution in [0.4, 0.5) is 5.69 Å². The number of likely N-dealkylation sites (N-methyl/N-ethyl adjacent to an activating group) is 1. The Kier molecular flexibility index (Phi) is 4.91. The summed E-state index contributed by atoms with van der Waals surface area (Å²) in [4.78, 5) is 14.0. The monoisotopic (exact) mass is 248 g/mol. The number of hydrogen-bond donors (Lipinski definition) is 1. The van der Waals surface area contributed by atoms with Crippen LogP contribution in [0.2, 0.25) is 0 Å². The van der Waals surface area contributed by atoms with Crippen molar-refractivity contribution in [2.24, 2.45) is 11.7 Å². The van der Waals surface area contributed by atoms with Crippen molar-refractivity contribution in [3.05, 3.63) is 29.3 Å². The van der Waals surface area contributed by atoms with Crippen molar-refractivity contribution in [3.8, 4) is 0 Å². The van der Waals surface area contributed by atoms with Crippen LogP contribution in [-0.4, -0.2) is 19.0 Å². The molecule has 0 bridgehead atoms. The highest BCUT2D eigenvalue weighted by Crippen LogP contribution is 2.21. The number of anilines is 1. The first-order chi connectivity index (χ1) is 8.38. The first-order valence-electron chi connectivity index (χ1n) is 6.48. The van der Waals surface area contributed by atoms with Gasteiger partial charge in [0.2, 0.25) is 5.91 Å². The molecule has 0 spiro atoms. The van der Waals surface area contributed by atoms with E-state index in [2.05, 4.69) is 13.0 Å². The molecule has 0 saturated heterocycles. The fourth-order valence-electron chi connectivity index (χ4n) is 2.02. The highest BCUT2D eigenvalue weighted by molar-refractivity contribution is 5.97. The fraction of sp³-hybridized carbons (Fsp3) is 0.533. The highest BCUT2D eigenvalue weighted by atomic mass is 16.2. The highest BCUT2D eigenvalue weighted by Gasteiger charge is 2.24. The molecule has 18 heavy (non-hydrogen) atoms. The number of amides is 1. The first-order valence-corrected chi connectivity index (χ1v) is 6.48. The summed E-state index contributed by atoms with van der Waals surface area (Å²) in [7, 11) is 1.79. The van der Waals surface area contributed by atoms with Crippen LogP contribution in [0.15, 0.2) is 18.2 Å². The molecular weight excluding hydrogens is 224 g/mol. The molecule has 3 heteroatoms. The molecule has 0 saturated carbocycles. The zero-order chi connectivity index (χ0) is 13.9. The molecule has 1 aromatic rings. The number of aryl methyl sites for hydroxylation is 2. The summed E-state index contributed by atoms with van der Waals surface area (Å²) in [6.07, 6.45) is 0.910. The Balaban J connectivity index is 2.93. The number of rotatable bonds is 4. The molecule has 2 atom stereocenters. The summed E-state index contributed by atoms with van der Waals surface area (Å²) in [6, 6.07) is 5.64. The van der Waals surface area contributed by atoms with E-state index < -0.39 is 6.04 Å². The van der Waals surface area contributed by atoms with E-state index in [0.29, 0.717) is 0 Å². The molecular formula is C15H24N2O. The molecule has 0 aromatic heterocycles. The first kappa shape index (κ1) is 14.7. The van der Waals surface area contributed by atoms with Gasteiger partial charge < -0.3 is 10.6 Å². The maximum atomic E-state index is 12.3. The molecule has 3 nitrogen and oxygen atoms in total. The molecule has 0 fully saturated rings. The topological polar surface area (TPSA) is 46.3 Å². The minimum absolute atomic E-state index is 0.0173. The van der Waals surface area contributed by atoms with Crippen LogP contribution in [0.3, 0.4) is 0 Å². The summed E-state index contributed by atoms with van der Waals surface area (Å²) in [5, 5.41) is 0. The summed E-state index contributed by atoms with van der Waals surface area (Å²) < 4.78 is 0. The maximum Gasteiger partial charge on any atom is 0.243 e. The lowest BCUT2D eigenvalue weighted by molar-refractivity contribution is -0.120. The van der Waals surface area contributed by atoms with E-state index >= 15 is 0 Å². The molecule has 100 valence electrons. The largest absolute Gasteiger partial charge is 0.320 e. The molecule has 0 unspecified atom stereocenters. The lowest BCUT2D eigenvalue weighted by Crippen LogP contribution is -2.45. The molecule has 0 heterocycles. The van der Waals surface area contributed by atoms with Crippen molar-refractivity contribution in [2.75, 3.05) is 11.9 Å². The average Bonchev–Trinajstić information content (AvgIpc) is 2.35. The maximum absolute atomic E-state index is 12.3. The van der Waals surface area contributed by atoms with E-state index in [1.54, 1.807) is 11.9 Å². The second kappa shape index (κ2) is 6.01. The Labute approximate surface area is 110 Å². The predicted molar refractivity (Wildman–Crippen MR) is 76.8 cm³/mol. The van der Waals surface area contributed by atoms with E-state index in [1.165, 1.54) is 5.56 Å². The van der Waals surface area contributed by atoms with Crippen LogP contribution in [0.25, 0.3) is 0 Å². The second-order valence-electron chi connectivity index (χ2n) is 5.10. The van der Waals surface area contributed by atoms with Crippen molar-refractivity contribution in [1.82, 2.24) is 0 Å². The number of carbonyl (C=O) groups excluding carboxylic acids is 1. The Bertz CT molecular complexity index is 429. The average molecular weight is 248 g/mol. The third-order valence-electron chi connectivity index (χ3n) is 3.59. The number of carbonyl (C=O) groups is 1. The molecule has 1 aromatic carbocycles. The van der Waals surface area contributed by atoms with Crippen molar-refractivity contribution < 1.29 is 4.79 Å². The standard InChI is InChI=1S/C15H24N2O/c1-6-11(3)14(16)15(18)17(5)13-8-7-10(2)9-12(13)4/h7-9,11,14H,6,16H2,1-5H3/t11-,14-/m0/s1. The Morgan fingerprint density at radius 3 is 2.50 bits per heavy atom. The van der Waals surface area contributed by atoms with Crippen molar-refractivity contribution in [2.45, 2.75) is 40.2 Å². The van der Waals surface area contributed by atoms with E-state index in [9.17, 15) is 4.79 Å². The van der Waals surface area contributed by atoms with E-state index in [-0.39, 0.29) is 11.8 Å². The molecule has 2 N–H and O–H groups in total. The number of benzene rings is 1. The molecule has 0 aliphatic rings. The Morgan fingerprint density at radius 2 is 2.00 bits per heavy atom. The van der Waals surface area contributed by atoms with Gasteiger partial charge in [-0.3, -0.25) is 4.79 Å². The fourth-order valence-corrected chi connectivity index (χ4v) is 2.02. The van der Waals surface area contributed by atoms with Gasteiger partial charge in [-0.15, -0.1) is 0 Å². The zero-order valence-electron chi connectivity index (χ0n) is 12.0. The minimum atomic E-state index is -0.430. The summed E-state index contributed by atoms with van der Waals surface area (Å²) in [5.74, 6) is 0.182. The summed E-state index contributed by atoms with van der Waals surface area (Å²) in [5.41, 5.74) is 9.23. The van der Waals surface area contributed by atoms with Crippen LogP contribution < -0.4 is 10.6 Å². The molecule has 0 aliphatic heterocycles. The van der Waals surface area contributed by atoms with Crippen LogP contribution >= 0.6 is 0 Å². The van der Waals surface area contributed by atoms with Crippen LogP contribution in [0, 0.1) is 19.8 Å². The number of nitrogens with two attached hydrogens (primary N) is 1. The summed E-state index contributed by atoms with van der Waals surface area (Å²) >= 11 is 0. The van der Waals surface area contributed by atoms with E-state index in [4.69, 9.17) is 5.73 Å². The van der Waals surface area contributed by atoms with Crippen LogP contribution in [0.5, 0.6) is 0 Å². The Morgan fingerprint density at radius 1 is 1.39 bits per heavy atom. The van der Waals surface area contributed by atoms with Gasteiger partial charge >= 0.3 is 0 Å². The van der Waals surface area contributed by atoms with Gasteiger partial charge in [0.1, 0.15) is 0 Å². The van der Waals surface area contributed by atoms with Crippen molar-refractivity contribution in [3.63, 3.8) is 0 Å². The van der Waals surface area contributed by atoms with Gasteiger partial charge in [-0.1, -0.05) is 38.0 Å². The van der Waals surface area contributed by atoms with Gasteiger partial charge in [-0.2, -0.15) is 0 Å². The molecule has 1 amide bonds. The SMILES string of the molecule is CC[C@H](C)[C@H](N)C(=O)N(C)c1ccc(C)cc1C. The lowest BCUT2D eigenvalue weighted by atomic mass is 9.98. The van der Waals surface area contributed by atoms with Gasteiger partial charge in [-0.25, -0.2) is 0 Å². The number of nitrogens with zero attached hydrogens (tertiary/aromatic N) is 1. The van der Waals surface area contributed by atoms with Gasteiger partial charge in [0.25, 0.3) is 0 Å². The van der Waals surface area contributed by atoms with Crippen LogP contribution in [-0.2, 0) is 4.79 Å². The Hall–Kier alpha value is -1.35. The predicted octanol–water partition coefficient (Wildman–Crippen LogP) is 2.64. The summed E-state index contributed by atoms with van der Waals surface area (Å²) in [6.45, 7) is 8.12. The smallest absolute Gasteiger partial charge is 0.243 e. The molecule has 0 aliphatic carbocycles. The van der Waals surface area contributed by atoms with Crippen LogP contribution in [0.1, 0.15) is 31.4 Å². The zero-order valence-corrected chi connectivity index (χ0v) is 12.0. The lowest BCUT2D eigenvalue weighted by Gasteiger charge is -2.26. The number of hydrogen-bond acceptors (Lipinski definition) is 2. The van der Waals surface area contributed by atoms with Gasteiger partial charge in [0.15, 0.2) is 0 Å². The van der Waals surface area contributed by atoms with Gasteiger partial charge in [0.05, 0.1) is 6.04 Å². The van der Waals surface area contributed by atoms with Crippen molar-refractivity contribution >= 4 is 11.6 Å². The minimum Gasteiger partial charge on any atom is -0.320 e. The van der Waals surface area contributed by atoms with Gasteiger partial charge in [-0.05, 0) is 31.4 Å². The molecule has 0 radical (unpaired) electrons. The van der Waals surface area contributed by atoms with E-state index in [1.807, 2.05) is 32.9 Å². The normalized spacial score (nSPS) is 14.1.